The van der Waals surface area contributed by atoms with Gasteiger partial charge in [-0.05, 0) is 45.9 Å². The summed E-state index contributed by atoms with van der Waals surface area (Å²) in [5.74, 6) is 0. The van der Waals surface area contributed by atoms with Crippen LogP contribution in [0.15, 0.2) is 30.3 Å². The number of carbonyl (C=O) groups excluding carboxylic acids is 1. The second kappa shape index (κ2) is 6.13. The molecule has 1 aromatic carbocycles. The van der Waals surface area contributed by atoms with E-state index in [0.717, 1.165) is 17.0 Å². The minimum Gasteiger partial charge on any atom is -0.444 e. The Morgan fingerprint density at radius 3 is 2.58 bits per heavy atom. The van der Waals surface area contributed by atoms with Crippen molar-refractivity contribution in [2.75, 3.05) is 0 Å². The van der Waals surface area contributed by atoms with E-state index in [2.05, 4.69) is 5.10 Å². The molecule has 3 rings (SSSR count). The van der Waals surface area contributed by atoms with E-state index in [-0.39, 0.29) is 12.1 Å². The summed E-state index contributed by atoms with van der Waals surface area (Å²) in [5, 5.41) is 5.37. The number of nitrogens with zero attached hydrogens (tertiary/aromatic N) is 3. The van der Waals surface area contributed by atoms with Gasteiger partial charge in [-0.25, -0.2) is 4.79 Å². The van der Waals surface area contributed by atoms with Gasteiger partial charge >= 0.3 is 6.09 Å². The molecule has 1 amide bonds. The summed E-state index contributed by atoms with van der Waals surface area (Å²) in [6.45, 7) is 8.79. The predicted octanol–water partition coefficient (Wildman–Crippen LogP) is 4.34. The maximum Gasteiger partial charge on any atom is 0.410 e. The van der Waals surface area contributed by atoms with Gasteiger partial charge < -0.3 is 4.74 Å². The lowest BCUT2D eigenvalue weighted by molar-refractivity contribution is 0.00908. The molecule has 5 nitrogen and oxygen atoms in total. The number of rotatable bonds is 1. The molecule has 0 radical (unpaired) electrons. The van der Waals surface area contributed by atoms with Crippen molar-refractivity contribution in [1.82, 2.24) is 14.7 Å². The van der Waals surface area contributed by atoms with Crippen LogP contribution in [-0.4, -0.2) is 32.4 Å². The molecule has 0 aliphatic carbocycles. The van der Waals surface area contributed by atoms with Gasteiger partial charge in [0.1, 0.15) is 5.60 Å². The molecule has 2 heterocycles. The molecule has 1 aliphatic rings. The second-order valence-electron chi connectivity index (χ2n) is 7.17. The van der Waals surface area contributed by atoms with E-state index < -0.39 is 5.60 Å². The van der Waals surface area contributed by atoms with Crippen LogP contribution in [-0.2, 0) is 17.8 Å². The fourth-order valence-electron chi connectivity index (χ4n) is 2.75. The van der Waals surface area contributed by atoms with Gasteiger partial charge in [-0.1, -0.05) is 23.7 Å². The number of benzene rings is 1. The maximum atomic E-state index is 12.4. The van der Waals surface area contributed by atoms with Crippen molar-refractivity contribution in [2.45, 2.75) is 52.4 Å². The average Bonchev–Trinajstić information content (AvgIpc) is 2.88. The van der Waals surface area contributed by atoms with Gasteiger partial charge in [-0.15, -0.1) is 0 Å². The second-order valence-corrected chi connectivity index (χ2v) is 7.60. The number of carbonyl (C=O) groups is 1. The van der Waals surface area contributed by atoms with Crippen LogP contribution in [0.4, 0.5) is 4.79 Å². The lowest BCUT2D eigenvalue weighted by Gasteiger charge is -2.35. The van der Waals surface area contributed by atoms with Crippen LogP contribution in [0.25, 0.3) is 11.3 Å². The Balaban J connectivity index is 1.82. The lowest BCUT2D eigenvalue weighted by Crippen LogP contribution is -2.46. The highest BCUT2D eigenvalue weighted by Gasteiger charge is 2.31. The van der Waals surface area contributed by atoms with E-state index in [1.807, 2.05) is 62.7 Å². The van der Waals surface area contributed by atoms with Gasteiger partial charge in [-0.2, -0.15) is 5.10 Å². The summed E-state index contributed by atoms with van der Waals surface area (Å²) >= 11 is 5.94. The smallest absolute Gasteiger partial charge is 0.410 e. The Kier molecular flexibility index (Phi) is 4.30. The molecule has 0 fully saturated rings. The molecule has 24 heavy (non-hydrogen) atoms. The van der Waals surface area contributed by atoms with Gasteiger partial charge in [0, 0.05) is 10.6 Å². The van der Waals surface area contributed by atoms with Crippen LogP contribution in [0.2, 0.25) is 5.02 Å². The van der Waals surface area contributed by atoms with Gasteiger partial charge in [0.05, 0.1) is 30.5 Å². The average molecular weight is 348 g/mol. The van der Waals surface area contributed by atoms with Crippen molar-refractivity contribution in [3.8, 4) is 11.3 Å². The third kappa shape index (κ3) is 3.56. The number of hydrogen-bond donors (Lipinski definition) is 0. The highest BCUT2D eigenvalue weighted by Crippen LogP contribution is 2.26. The lowest BCUT2D eigenvalue weighted by atomic mass is 10.1. The van der Waals surface area contributed by atoms with E-state index in [1.54, 1.807) is 4.90 Å². The largest absolute Gasteiger partial charge is 0.444 e. The molecule has 0 saturated carbocycles. The number of hydrogen-bond acceptors (Lipinski definition) is 3. The van der Waals surface area contributed by atoms with Crippen molar-refractivity contribution >= 4 is 17.7 Å². The first-order valence-electron chi connectivity index (χ1n) is 8.05. The molecule has 0 unspecified atom stereocenters. The molecule has 0 bridgehead atoms. The van der Waals surface area contributed by atoms with Crippen LogP contribution in [0.5, 0.6) is 0 Å². The predicted molar refractivity (Wildman–Crippen MR) is 93.9 cm³/mol. The SMILES string of the molecule is C[C@@H]1Cn2nc(-c3ccc(Cl)cc3)cc2CN1C(=O)OC(C)(C)C. The Morgan fingerprint density at radius 1 is 1.29 bits per heavy atom. The van der Waals surface area contributed by atoms with Gasteiger partial charge in [0.25, 0.3) is 0 Å². The number of amides is 1. The van der Waals surface area contributed by atoms with Gasteiger partial charge in [0.15, 0.2) is 0 Å². The van der Waals surface area contributed by atoms with E-state index in [4.69, 9.17) is 16.3 Å². The summed E-state index contributed by atoms with van der Waals surface area (Å²) in [7, 11) is 0. The van der Waals surface area contributed by atoms with E-state index >= 15 is 0 Å². The number of fused-ring (bicyclic) bond motifs is 1. The quantitative estimate of drug-likeness (QED) is 0.770. The highest BCUT2D eigenvalue weighted by atomic mass is 35.5. The van der Waals surface area contributed by atoms with E-state index in [0.29, 0.717) is 18.1 Å². The standard InChI is InChI=1S/C18H22ClN3O2/c1-12-10-22-15(11-21(12)17(23)24-18(2,3)4)9-16(20-22)13-5-7-14(19)8-6-13/h5-9,12H,10-11H2,1-4H3/t12-/m1/s1. The molecule has 0 N–H and O–H groups in total. The van der Waals surface area contributed by atoms with Crippen LogP contribution in [0.3, 0.4) is 0 Å². The summed E-state index contributed by atoms with van der Waals surface area (Å²) < 4.78 is 7.48. The number of aromatic nitrogens is 2. The summed E-state index contributed by atoms with van der Waals surface area (Å²) in [6.07, 6.45) is -0.282. The van der Waals surface area contributed by atoms with Crippen LogP contribution in [0, 0.1) is 0 Å². The minimum absolute atomic E-state index is 0.0327. The molecule has 6 heteroatoms. The fourth-order valence-corrected chi connectivity index (χ4v) is 2.87. The molecular formula is C18H22ClN3O2. The first kappa shape index (κ1) is 16.8. The first-order valence-corrected chi connectivity index (χ1v) is 8.43. The van der Waals surface area contributed by atoms with Crippen molar-refractivity contribution < 1.29 is 9.53 Å². The highest BCUT2D eigenvalue weighted by molar-refractivity contribution is 6.30. The van der Waals surface area contributed by atoms with Gasteiger partial charge in [0.2, 0.25) is 0 Å². The molecule has 1 atom stereocenters. The molecule has 0 saturated heterocycles. The Morgan fingerprint density at radius 2 is 1.96 bits per heavy atom. The topological polar surface area (TPSA) is 47.4 Å². The van der Waals surface area contributed by atoms with Crippen molar-refractivity contribution in [3.05, 3.63) is 41.0 Å². The van der Waals surface area contributed by atoms with Crippen molar-refractivity contribution in [2.24, 2.45) is 0 Å². The monoisotopic (exact) mass is 347 g/mol. The molecular weight excluding hydrogens is 326 g/mol. The Labute approximate surface area is 147 Å². The van der Waals surface area contributed by atoms with Crippen LogP contribution >= 0.6 is 11.6 Å². The van der Waals surface area contributed by atoms with Gasteiger partial charge in [-0.3, -0.25) is 9.58 Å². The first-order chi connectivity index (χ1) is 11.2. The maximum absolute atomic E-state index is 12.4. The van der Waals surface area contributed by atoms with Crippen molar-refractivity contribution in [1.29, 1.82) is 0 Å². The molecule has 1 aromatic heterocycles. The zero-order valence-corrected chi connectivity index (χ0v) is 15.2. The number of halogens is 1. The zero-order chi connectivity index (χ0) is 17.5. The Hall–Kier alpha value is -2.01. The molecule has 2 aromatic rings. The van der Waals surface area contributed by atoms with E-state index in [9.17, 15) is 4.79 Å². The summed E-state index contributed by atoms with van der Waals surface area (Å²) in [4.78, 5) is 14.2. The summed E-state index contributed by atoms with van der Waals surface area (Å²) in [5.41, 5.74) is 2.41. The normalized spacial score (nSPS) is 17.5. The fraction of sp³-hybridized carbons (Fsp3) is 0.444. The minimum atomic E-state index is -0.497. The molecule has 0 spiro atoms. The molecule has 1 aliphatic heterocycles. The van der Waals surface area contributed by atoms with Crippen LogP contribution < -0.4 is 0 Å². The number of ether oxygens (including phenoxy) is 1. The summed E-state index contributed by atoms with van der Waals surface area (Å²) in [6, 6.07) is 9.66. The zero-order valence-electron chi connectivity index (χ0n) is 14.4. The van der Waals surface area contributed by atoms with E-state index in [1.165, 1.54) is 0 Å². The van der Waals surface area contributed by atoms with Crippen molar-refractivity contribution in [3.63, 3.8) is 0 Å². The van der Waals surface area contributed by atoms with Crippen LogP contribution in [0.1, 0.15) is 33.4 Å². The third-order valence-electron chi connectivity index (χ3n) is 3.93. The Bertz CT molecular complexity index is 747. The molecule has 128 valence electrons. The third-order valence-corrected chi connectivity index (χ3v) is 4.18.